The lowest BCUT2D eigenvalue weighted by molar-refractivity contribution is 0.466. The Morgan fingerprint density at radius 3 is 2.33 bits per heavy atom. The number of furan rings is 1. The van der Waals surface area contributed by atoms with Crippen LogP contribution in [0, 0.1) is 6.92 Å². The molecule has 0 amide bonds. The number of hydrogen-bond acceptors (Lipinski definition) is 7. The fourth-order valence-electron chi connectivity index (χ4n) is 4.24. The molecule has 7 heteroatoms. The standard InChI is InChI=1S/C14H14N2O2.C12H8O3/c1-8-5-10(18)6-12-14(8)16(2)13-7-9(17)3-4-11(13)15-12;13-7-4-5-8-9-2-1-3-10(14)12(9)15-11(8)6-7/h3-7,15,17-18H,1-2H3;1-6,13-14H. The highest BCUT2D eigenvalue weighted by Gasteiger charge is 2.22. The van der Waals surface area contributed by atoms with E-state index in [-0.39, 0.29) is 23.0 Å². The van der Waals surface area contributed by atoms with Gasteiger partial charge in [0.15, 0.2) is 11.3 Å². The Labute approximate surface area is 189 Å². The normalized spacial score (nSPS) is 12.0. The van der Waals surface area contributed by atoms with Crippen LogP contribution < -0.4 is 10.2 Å². The molecule has 2 heterocycles. The first-order valence-electron chi connectivity index (χ1n) is 10.3. The van der Waals surface area contributed by atoms with E-state index in [2.05, 4.69) is 5.32 Å². The predicted molar refractivity (Wildman–Crippen MR) is 129 cm³/mol. The van der Waals surface area contributed by atoms with Gasteiger partial charge < -0.3 is 35.1 Å². The van der Waals surface area contributed by atoms with Crippen molar-refractivity contribution >= 4 is 44.7 Å². The van der Waals surface area contributed by atoms with Crippen molar-refractivity contribution in [3.05, 3.63) is 72.3 Å². The van der Waals surface area contributed by atoms with E-state index in [9.17, 15) is 20.4 Å². The zero-order chi connectivity index (χ0) is 23.3. The van der Waals surface area contributed by atoms with E-state index in [1.165, 1.54) is 6.07 Å². The number of benzene rings is 4. The third-order valence-electron chi connectivity index (χ3n) is 5.69. The summed E-state index contributed by atoms with van der Waals surface area (Å²) in [5.74, 6) is 0.751. The molecule has 166 valence electrons. The molecule has 1 aliphatic heterocycles. The van der Waals surface area contributed by atoms with Gasteiger partial charge in [-0.1, -0.05) is 12.1 Å². The molecule has 0 fully saturated rings. The summed E-state index contributed by atoms with van der Waals surface area (Å²) < 4.78 is 5.45. The minimum Gasteiger partial charge on any atom is -0.508 e. The van der Waals surface area contributed by atoms with Crippen molar-refractivity contribution in [1.29, 1.82) is 0 Å². The summed E-state index contributed by atoms with van der Waals surface area (Å²) >= 11 is 0. The van der Waals surface area contributed by atoms with Crippen LogP contribution in [0.2, 0.25) is 0 Å². The molecule has 7 nitrogen and oxygen atoms in total. The maximum absolute atomic E-state index is 9.65. The molecule has 0 aliphatic carbocycles. The molecule has 0 bridgehead atoms. The van der Waals surface area contributed by atoms with Crippen molar-refractivity contribution in [3.8, 4) is 23.0 Å². The molecule has 1 aliphatic rings. The van der Waals surface area contributed by atoms with E-state index < -0.39 is 0 Å². The Kier molecular flexibility index (Phi) is 4.67. The van der Waals surface area contributed by atoms with Crippen LogP contribution in [0.5, 0.6) is 23.0 Å². The van der Waals surface area contributed by atoms with Gasteiger partial charge in [-0.15, -0.1) is 0 Å². The molecule has 1 aromatic heterocycles. The fourth-order valence-corrected chi connectivity index (χ4v) is 4.24. The van der Waals surface area contributed by atoms with Crippen LogP contribution in [0.25, 0.3) is 21.9 Å². The summed E-state index contributed by atoms with van der Waals surface area (Å²) in [6.45, 7) is 1.95. The van der Waals surface area contributed by atoms with Crippen LogP contribution in [-0.4, -0.2) is 27.5 Å². The first-order valence-corrected chi connectivity index (χ1v) is 10.3. The summed E-state index contributed by atoms with van der Waals surface area (Å²) in [4.78, 5) is 2.01. The van der Waals surface area contributed by atoms with E-state index >= 15 is 0 Å². The first kappa shape index (κ1) is 20.4. The van der Waals surface area contributed by atoms with Gasteiger partial charge in [0.2, 0.25) is 0 Å². The van der Waals surface area contributed by atoms with Gasteiger partial charge in [-0.05, 0) is 48.9 Å². The maximum Gasteiger partial charge on any atom is 0.177 e. The van der Waals surface area contributed by atoms with Gasteiger partial charge >= 0.3 is 0 Å². The lowest BCUT2D eigenvalue weighted by Gasteiger charge is -2.32. The zero-order valence-corrected chi connectivity index (χ0v) is 18.0. The van der Waals surface area contributed by atoms with Gasteiger partial charge in [-0.25, -0.2) is 0 Å². The summed E-state index contributed by atoms with van der Waals surface area (Å²) in [6.07, 6.45) is 0. The number of aromatic hydroxyl groups is 4. The highest BCUT2D eigenvalue weighted by Crippen LogP contribution is 2.46. The number of aryl methyl sites for hydroxylation is 1. The highest BCUT2D eigenvalue weighted by atomic mass is 16.4. The van der Waals surface area contributed by atoms with Crippen LogP contribution in [0.1, 0.15) is 5.56 Å². The Hall–Kier alpha value is -4.52. The molecule has 0 radical (unpaired) electrons. The van der Waals surface area contributed by atoms with Gasteiger partial charge in [-0.2, -0.15) is 0 Å². The topological polar surface area (TPSA) is 109 Å². The van der Waals surface area contributed by atoms with Crippen LogP contribution >= 0.6 is 0 Å². The third kappa shape index (κ3) is 3.49. The number of hydrogen-bond donors (Lipinski definition) is 5. The third-order valence-corrected chi connectivity index (χ3v) is 5.69. The van der Waals surface area contributed by atoms with E-state index in [1.54, 1.807) is 48.5 Å². The Balaban J connectivity index is 0.000000140. The minimum atomic E-state index is 0.114. The van der Waals surface area contributed by atoms with Gasteiger partial charge in [-0.3, -0.25) is 0 Å². The number of fused-ring (bicyclic) bond motifs is 5. The number of anilines is 4. The van der Waals surface area contributed by atoms with Gasteiger partial charge in [0.25, 0.3) is 0 Å². The predicted octanol–water partition coefficient (Wildman–Crippen LogP) is 6.23. The van der Waals surface area contributed by atoms with E-state index in [4.69, 9.17) is 4.42 Å². The summed E-state index contributed by atoms with van der Waals surface area (Å²) in [5, 5.41) is 43.1. The van der Waals surface area contributed by atoms with Crippen LogP contribution in [-0.2, 0) is 0 Å². The second kappa shape index (κ2) is 7.56. The second-order valence-electron chi connectivity index (χ2n) is 7.98. The monoisotopic (exact) mass is 442 g/mol. The Bertz CT molecular complexity index is 1520. The van der Waals surface area contributed by atoms with E-state index in [1.807, 2.05) is 31.0 Å². The molecule has 0 saturated heterocycles. The molecule has 4 aromatic carbocycles. The van der Waals surface area contributed by atoms with Crippen molar-refractivity contribution < 1.29 is 24.8 Å². The Morgan fingerprint density at radius 2 is 1.52 bits per heavy atom. The van der Waals surface area contributed by atoms with Crippen molar-refractivity contribution in [2.45, 2.75) is 6.92 Å². The number of phenols is 4. The number of rotatable bonds is 0. The zero-order valence-electron chi connectivity index (χ0n) is 18.0. The lowest BCUT2D eigenvalue weighted by atomic mass is 10.1. The van der Waals surface area contributed by atoms with Crippen molar-refractivity contribution in [3.63, 3.8) is 0 Å². The molecule has 5 N–H and O–H groups in total. The summed E-state index contributed by atoms with van der Waals surface area (Å²) in [5.41, 5.74) is 5.71. The summed E-state index contributed by atoms with van der Waals surface area (Å²) in [7, 11) is 1.95. The second-order valence-corrected chi connectivity index (χ2v) is 7.98. The molecule has 0 spiro atoms. The molecule has 0 atom stereocenters. The largest absolute Gasteiger partial charge is 0.508 e. The molecule has 33 heavy (non-hydrogen) atoms. The summed E-state index contributed by atoms with van der Waals surface area (Å²) in [6, 6.07) is 18.7. The van der Waals surface area contributed by atoms with Gasteiger partial charge in [0, 0.05) is 36.0 Å². The van der Waals surface area contributed by atoms with E-state index in [0.29, 0.717) is 11.2 Å². The SMILES string of the molecule is Cc1cc(O)cc2c1N(C)c1cc(O)ccc1N2.Oc1ccc2c(c1)oc1c(O)cccc12. The first-order chi connectivity index (χ1) is 15.8. The molecule has 6 rings (SSSR count). The van der Waals surface area contributed by atoms with Gasteiger partial charge in [0.1, 0.15) is 22.8 Å². The molecule has 0 unspecified atom stereocenters. The van der Waals surface area contributed by atoms with Crippen molar-refractivity contribution in [2.75, 3.05) is 17.3 Å². The number of nitrogens with zero attached hydrogens (tertiary/aromatic N) is 1. The molecular weight excluding hydrogens is 420 g/mol. The minimum absolute atomic E-state index is 0.114. The van der Waals surface area contributed by atoms with Crippen LogP contribution in [0.3, 0.4) is 0 Å². The molecular formula is C26H22N2O5. The van der Waals surface area contributed by atoms with Crippen LogP contribution in [0.15, 0.2) is 71.1 Å². The van der Waals surface area contributed by atoms with E-state index in [0.717, 1.165) is 39.1 Å². The fraction of sp³-hybridized carbons (Fsp3) is 0.0769. The van der Waals surface area contributed by atoms with Crippen molar-refractivity contribution in [2.24, 2.45) is 0 Å². The average molecular weight is 442 g/mol. The van der Waals surface area contributed by atoms with Crippen LogP contribution in [0.4, 0.5) is 22.7 Å². The smallest absolute Gasteiger partial charge is 0.177 e. The number of nitrogens with one attached hydrogen (secondary N) is 1. The highest BCUT2D eigenvalue weighted by molar-refractivity contribution is 6.07. The van der Waals surface area contributed by atoms with Gasteiger partial charge in [0.05, 0.1) is 22.7 Å². The molecule has 5 aromatic rings. The Morgan fingerprint density at radius 1 is 0.758 bits per heavy atom. The quantitative estimate of drug-likeness (QED) is 0.181. The molecule has 0 saturated carbocycles. The average Bonchev–Trinajstić information content (AvgIpc) is 3.13. The number of phenolic OH excluding ortho intramolecular Hbond substituents is 4. The van der Waals surface area contributed by atoms with Crippen molar-refractivity contribution in [1.82, 2.24) is 0 Å². The lowest BCUT2D eigenvalue weighted by Crippen LogP contribution is -2.18. The maximum atomic E-state index is 9.65. The number of para-hydroxylation sites is 1.